The summed E-state index contributed by atoms with van der Waals surface area (Å²) in [6, 6.07) is 1.90. The molecule has 0 amide bonds. The molecule has 0 spiro atoms. The Morgan fingerprint density at radius 1 is 1.54 bits per heavy atom. The first-order valence-corrected chi connectivity index (χ1v) is 4.47. The van der Waals surface area contributed by atoms with E-state index in [2.05, 4.69) is 9.88 Å². The second-order valence-corrected chi connectivity index (χ2v) is 3.34. The van der Waals surface area contributed by atoms with Crippen molar-refractivity contribution in [1.82, 2.24) is 4.98 Å². The Hall–Kier alpha value is -1.38. The fraction of sp³-hybridized carbons (Fsp3) is 0.400. The zero-order chi connectivity index (χ0) is 9.26. The molecule has 0 saturated carbocycles. The Morgan fingerprint density at radius 2 is 2.38 bits per heavy atom. The van der Waals surface area contributed by atoms with Crippen molar-refractivity contribution in [2.24, 2.45) is 0 Å². The molecule has 0 atom stereocenters. The number of Topliss-reactive ketones (excluding diaryl/α,β-unsaturated/α-hetero) is 1. The number of aromatic nitrogens is 1. The number of carbonyl (C=O) groups is 1. The third-order valence-electron chi connectivity index (χ3n) is 2.41. The van der Waals surface area contributed by atoms with E-state index >= 15 is 0 Å². The first-order valence-electron chi connectivity index (χ1n) is 4.47. The molecule has 0 aliphatic carbocycles. The van der Waals surface area contributed by atoms with E-state index in [-0.39, 0.29) is 5.78 Å². The van der Waals surface area contributed by atoms with Crippen LogP contribution in [-0.4, -0.2) is 24.4 Å². The molecule has 0 radical (unpaired) electrons. The standard InChI is InChI=1S/C10H12N2O/c1-12-6-2-3-10(13)8-7-11-5-4-9(8)12/h4-5,7H,2-3,6H2,1H3. The summed E-state index contributed by atoms with van der Waals surface area (Å²) in [5.41, 5.74) is 1.78. The van der Waals surface area contributed by atoms with Crippen LogP contribution in [0.25, 0.3) is 0 Å². The maximum absolute atomic E-state index is 11.6. The normalized spacial score (nSPS) is 16.7. The van der Waals surface area contributed by atoms with Crippen LogP contribution in [0.5, 0.6) is 0 Å². The maximum atomic E-state index is 11.6. The Bertz CT molecular complexity index is 335. The van der Waals surface area contributed by atoms with Crippen molar-refractivity contribution in [2.75, 3.05) is 18.5 Å². The minimum Gasteiger partial charge on any atom is -0.374 e. The van der Waals surface area contributed by atoms with Gasteiger partial charge in [0.1, 0.15) is 0 Å². The van der Waals surface area contributed by atoms with Gasteiger partial charge in [0.25, 0.3) is 0 Å². The van der Waals surface area contributed by atoms with Gasteiger partial charge in [-0.15, -0.1) is 0 Å². The van der Waals surface area contributed by atoms with Crippen LogP contribution in [0.1, 0.15) is 23.2 Å². The number of hydrogen-bond acceptors (Lipinski definition) is 3. The molecule has 13 heavy (non-hydrogen) atoms. The molecule has 2 heterocycles. The molecular formula is C10H12N2O. The third-order valence-corrected chi connectivity index (χ3v) is 2.41. The summed E-state index contributed by atoms with van der Waals surface area (Å²) in [6.45, 7) is 0.947. The van der Waals surface area contributed by atoms with Gasteiger partial charge in [-0.3, -0.25) is 9.78 Å². The Balaban J connectivity index is 2.51. The summed E-state index contributed by atoms with van der Waals surface area (Å²) < 4.78 is 0. The van der Waals surface area contributed by atoms with Crippen LogP contribution in [0.4, 0.5) is 5.69 Å². The van der Waals surface area contributed by atoms with Crippen molar-refractivity contribution in [3.8, 4) is 0 Å². The topological polar surface area (TPSA) is 33.2 Å². The van der Waals surface area contributed by atoms with E-state index in [1.54, 1.807) is 12.4 Å². The molecule has 3 nitrogen and oxygen atoms in total. The summed E-state index contributed by atoms with van der Waals surface area (Å²) in [5.74, 6) is 0.215. The summed E-state index contributed by atoms with van der Waals surface area (Å²) in [6.07, 6.45) is 4.97. The van der Waals surface area contributed by atoms with Gasteiger partial charge >= 0.3 is 0 Å². The lowest BCUT2D eigenvalue weighted by Crippen LogP contribution is -2.17. The monoisotopic (exact) mass is 176 g/mol. The highest BCUT2D eigenvalue weighted by molar-refractivity contribution is 6.01. The van der Waals surface area contributed by atoms with E-state index in [0.29, 0.717) is 6.42 Å². The highest BCUT2D eigenvalue weighted by Crippen LogP contribution is 2.23. The second kappa shape index (κ2) is 3.17. The van der Waals surface area contributed by atoms with Crippen LogP contribution in [0.2, 0.25) is 0 Å². The molecule has 1 aromatic rings. The molecule has 0 N–H and O–H groups in total. The first-order chi connectivity index (χ1) is 6.29. The Morgan fingerprint density at radius 3 is 3.23 bits per heavy atom. The van der Waals surface area contributed by atoms with E-state index in [0.717, 1.165) is 24.2 Å². The molecule has 1 aliphatic heterocycles. The number of rotatable bonds is 0. The lowest BCUT2D eigenvalue weighted by Gasteiger charge is -2.17. The number of nitrogens with zero attached hydrogens (tertiary/aromatic N) is 2. The van der Waals surface area contributed by atoms with Crippen molar-refractivity contribution in [1.29, 1.82) is 0 Å². The summed E-state index contributed by atoms with van der Waals surface area (Å²) in [5, 5.41) is 0. The number of pyridine rings is 1. The lowest BCUT2D eigenvalue weighted by molar-refractivity contribution is 0.0983. The molecule has 1 aliphatic rings. The minimum atomic E-state index is 0.215. The van der Waals surface area contributed by atoms with Crippen LogP contribution in [0.3, 0.4) is 0 Å². The number of fused-ring (bicyclic) bond motifs is 1. The zero-order valence-electron chi connectivity index (χ0n) is 7.66. The predicted molar refractivity (Wildman–Crippen MR) is 51.1 cm³/mol. The van der Waals surface area contributed by atoms with Gasteiger partial charge in [-0.25, -0.2) is 0 Å². The van der Waals surface area contributed by atoms with E-state index in [9.17, 15) is 4.79 Å². The number of hydrogen-bond donors (Lipinski definition) is 0. The molecule has 68 valence electrons. The smallest absolute Gasteiger partial charge is 0.166 e. The van der Waals surface area contributed by atoms with Crippen LogP contribution < -0.4 is 4.90 Å². The van der Waals surface area contributed by atoms with Gasteiger partial charge in [-0.1, -0.05) is 0 Å². The second-order valence-electron chi connectivity index (χ2n) is 3.34. The fourth-order valence-electron chi connectivity index (χ4n) is 1.67. The SMILES string of the molecule is CN1CCCC(=O)c2cnccc21. The average Bonchev–Trinajstić information content (AvgIpc) is 2.29. The minimum absolute atomic E-state index is 0.215. The first kappa shape index (κ1) is 8.23. The van der Waals surface area contributed by atoms with Crippen molar-refractivity contribution in [3.63, 3.8) is 0 Å². The van der Waals surface area contributed by atoms with Crippen molar-refractivity contribution < 1.29 is 4.79 Å². The Labute approximate surface area is 77.4 Å². The molecular weight excluding hydrogens is 164 g/mol. The number of carbonyl (C=O) groups excluding carboxylic acids is 1. The summed E-state index contributed by atoms with van der Waals surface area (Å²) in [4.78, 5) is 17.7. The molecule has 0 saturated heterocycles. The highest BCUT2D eigenvalue weighted by atomic mass is 16.1. The van der Waals surface area contributed by atoms with E-state index in [1.165, 1.54) is 0 Å². The highest BCUT2D eigenvalue weighted by Gasteiger charge is 2.17. The fourth-order valence-corrected chi connectivity index (χ4v) is 1.67. The van der Waals surface area contributed by atoms with Gasteiger partial charge in [0.05, 0.1) is 11.3 Å². The van der Waals surface area contributed by atoms with Gasteiger partial charge in [0.15, 0.2) is 5.78 Å². The van der Waals surface area contributed by atoms with Gasteiger partial charge < -0.3 is 4.90 Å². The zero-order valence-corrected chi connectivity index (χ0v) is 7.66. The molecule has 0 unspecified atom stereocenters. The Kier molecular flexibility index (Phi) is 2.00. The van der Waals surface area contributed by atoms with Crippen LogP contribution >= 0.6 is 0 Å². The van der Waals surface area contributed by atoms with Crippen molar-refractivity contribution >= 4 is 11.5 Å². The summed E-state index contributed by atoms with van der Waals surface area (Å²) in [7, 11) is 2.01. The molecule has 3 heteroatoms. The number of ketones is 1. The van der Waals surface area contributed by atoms with Crippen molar-refractivity contribution in [2.45, 2.75) is 12.8 Å². The molecule has 2 rings (SSSR count). The quantitative estimate of drug-likeness (QED) is 0.600. The van der Waals surface area contributed by atoms with Crippen LogP contribution in [0.15, 0.2) is 18.5 Å². The third kappa shape index (κ3) is 1.41. The van der Waals surface area contributed by atoms with Gasteiger partial charge in [-0.05, 0) is 12.5 Å². The molecule has 0 aromatic carbocycles. The van der Waals surface area contributed by atoms with E-state index < -0.39 is 0 Å². The van der Waals surface area contributed by atoms with E-state index in [4.69, 9.17) is 0 Å². The number of anilines is 1. The summed E-state index contributed by atoms with van der Waals surface area (Å²) >= 11 is 0. The van der Waals surface area contributed by atoms with Crippen molar-refractivity contribution in [3.05, 3.63) is 24.0 Å². The van der Waals surface area contributed by atoms with Gasteiger partial charge in [0, 0.05) is 32.4 Å². The van der Waals surface area contributed by atoms with Crippen LogP contribution in [0, 0.1) is 0 Å². The van der Waals surface area contributed by atoms with Crippen LogP contribution in [-0.2, 0) is 0 Å². The predicted octanol–water partition coefficient (Wildman–Crippen LogP) is 1.49. The molecule has 0 bridgehead atoms. The molecule has 1 aromatic heterocycles. The van der Waals surface area contributed by atoms with Gasteiger partial charge in [-0.2, -0.15) is 0 Å². The average molecular weight is 176 g/mol. The largest absolute Gasteiger partial charge is 0.374 e. The van der Waals surface area contributed by atoms with Gasteiger partial charge in [0.2, 0.25) is 0 Å². The van der Waals surface area contributed by atoms with E-state index in [1.807, 2.05) is 13.1 Å². The molecule has 0 fully saturated rings. The maximum Gasteiger partial charge on any atom is 0.166 e. The lowest BCUT2D eigenvalue weighted by atomic mass is 10.1.